The Bertz CT molecular complexity index is 891. The molecule has 0 N–H and O–H groups in total. The van der Waals surface area contributed by atoms with Crippen molar-refractivity contribution >= 4 is 55.9 Å². The minimum Gasteiger partial charge on any atom is -0.369 e. The van der Waals surface area contributed by atoms with Gasteiger partial charge in [-0.3, -0.25) is 10.1 Å². The number of hydrogen-bond acceptors (Lipinski definition) is 6. The highest BCUT2D eigenvalue weighted by atomic mass is 35.5. The first-order valence-electron chi connectivity index (χ1n) is 7.23. The topological polar surface area (TPSA) is 83.8 Å². The van der Waals surface area contributed by atoms with Crippen LogP contribution in [0.4, 0.5) is 11.4 Å². The Morgan fingerprint density at radius 2 is 1.68 bits per heavy atom. The first-order valence-corrected chi connectivity index (χ1v) is 10.2. The summed E-state index contributed by atoms with van der Waals surface area (Å²) in [6.07, 6.45) is 0. The number of non-ortho nitro benzene ring substituents is 1. The van der Waals surface area contributed by atoms with Crippen molar-refractivity contribution in [2.24, 2.45) is 0 Å². The first kappa shape index (κ1) is 18.4. The van der Waals surface area contributed by atoms with Crippen molar-refractivity contribution in [3.63, 3.8) is 0 Å². The Hall–Kier alpha value is -1.39. The molecule has 1 aliphatic rings. The lowest BCUT2D eigenvalue weighted by Gasteiger charge is -2.35. The molecule has 2 heterocycles. The smallest absolute Gasteiger partial charge is 0.269 e. The van der Waals surface area contributed by atoms with Crippen molar-refractivity contribution in [3.05, 3.63) is 49.1 Å². The second-order valence-corrected chi connectivity index (χ2v) is 9.55. The Morgan fingerprint density at radius 1 is 1.08 bits per heavy atom. The van der Waals surface area contributed by atoms with E-state index in [0.717, 1.165) is 17.0 Å². The van der Waals surface area contributed by atoms with Gasteiger partial charge in [0.25, 0.3) is 5.69 Å². The second kappa shape index (κ2) is 7.08. The molecule has 0 unspecified atom stereocenters. The summed E-state index contributed by atoms with van der Waals surface area (Å²) in [5, 5.41) is 10.7. The maximum atomic E-state index is 12.7. The molecule has 0 saturated carbocycles. The van der Waals surface area contributed by atoms with Gasteiger partial charge in [-0.2, -0.15) is 4.31 Å². The van der Waals surface area contributed by atoms with Crippen LogP contribution in [0.3, 0.4) is 0 Å². The van der Waals surface area contributed by atoms with Gasteiger partial charge in [-0.05, 0) is 18.2 Å². The Morgan fingerprint density at radius 3 is 2.16 bits per heavy atom. The van der Waals surface area contributed by atoms with Crippen LogP contribution in [0.25, 0.3) is 0 Å². The lowest BCUT2D eigenvalue weighted by molar-refractivity contribution is -0.384. The number of hydrogen-bond donors (Lipinski definition) is 0. The third-order valence-electron chi connectivity index (χ3n) is 3.91. The van der Waals surface area contributed by atoms with E-state index in [2.05, 4.69) is 0 Å². The number of sulfonamides is 1. The quantitative estimate of drug-likeness (QED) is 0.557. The summed E-state index contributed by atoms with van der Waals surface area (Å²) in [5.41, 5.74) is 0.841. The maximum absolute atomic E-state index is 12.7. The van der Waals surface area contributed by atoms with E-state index in [9.17, 15) is 18.5 Å². The van der Waals surface area contributed by atoms with E-state index in [0.29, 0.717) is 30.5 Å². The van der Waals surface area contributed by atoms with Gasteiger partial charge in [0.15, 0.2) is 0 Å². The molecule has 11 heteroatoms. The molecule has 1 fully saturated rings. The zero-order chi connectivity index (χ0) is 18.2. The minimum atomic E-state index is -3.68. The van der Waals surface area contributed by atoms with Gasteiger partial charge in [0.2, 0.25) is 10.0 Å². The molecule has 0 spiro atoms. The zero-order valence-electron chi connectivity index (χ0n) is 12.8. The van der Waals surface area contributed by atoms with E-state index in [1.165, 1.54) is 22.5 Å². The number of nitrogens with zero attached hydrogens (tertiary/aromatic N) is 3. The summed E-state index contributed by atoms with van der Waals surface area (Å²) in [4.78, 5) is 12.3. The van der Waals surface area contributed by atoms with Crippen LogP contribution in [-0.4, -0.2) is 43.8 Å². The van der Waals surface area contributed by atoms with Crippen LogP contribution in [0, 0.1) is 10.1 Å². The fourth-order valence-corrected chi connectivity index (χ4v) is 6.15. The van der Waals surface area contributed by atoms with E-state index in [-0.39, 0.29) is 14.9 Å². The van der Waals surface area contributed by atoms with Crippen LogP contribution >= 0.6 is 34.5 Å². The van der Waals surface area contributed by atoms with Crippen LogP contribution in [0.15, 0.2) is 35.2 Å². The normalized spacial score (nSPS) is 16.2. The van der Waals surface area contributed by atoms with Crippen molar-refractivity contribution in [2.75, 3.05) is 31.1 Å². The fourth-order valence-electron chi connectivity index (χ4n) is 2.61. The van der Waals surface area contributed by atoms with Crippen LogP contribution in [-0.2, 0) is 10.0 Å². The molecule has 7 nitrogen and oxygen atoms in total. The van der Waals surface area contributed by atoms with E-state index >= 15 is 0 Å². The van der Waals surface area contributed by atoms with Gasteiger partial charge in [0.1, 0.15) is 9.23 Å². The van der Waals surface area contributed by atoms with Gasteiger partial charge < -0.3 is 4.90 Å². The molecule has 3 rings (SSSR count). The second-order valence-electron chi connectivity index (χ2n) is 5.35. The molecule has 25 heavy (non-hydrogen) atoms. The maximum Gasteiger partial charge on any atom is 0.269 e. The number of anilines is 1. The summed E-state index contributed by atoms with van der Waals surface area (Å²) < 4.78 is 27.2. The van der Waals surface area contributed by atoms with Gasteiger partial charge in [-0.25, -0.2) is 8.42 Å². The molecule has 1 aliphatic heterocycles. The zero-order valence-corrected chi connectivity index (χ0v) is 15.9. The number of halogens is 2. The van der Waals surface area contributed by atoms with Crippen LogP contribution in [0.2, 0.25) is 8.67 Å². The van der Waals surface area contributed by atoms with Crippen molar-refractivity contribution < 1.29 is 13.3 Å². The predicted octanol–water partition coefficient (Wildman–Crippen LogP) is 3.47. The summed E-state index contributed by atoms with van der Waals surface area (Å²) in [6.45, 7) is 1.55. The molecule has 0 aliphatic carbocycles. The van der Waals surface area contributed by atoms with Gasteiger partial charge >= 0.3 is 0 Å². The summed E-state index contributed by atoms with van der Waals surface area (Å²) in [6, 6.07) is 7.57. The van der Waals surface area contributed by atoms with E-state index < -0.39 is 14.9 Å². The Kier molecular flexibility index (Phi) is 5.21. The SMILES string of the molecule is O=[N+]([O-])c1ccc(N2CCN(S(=O)(=O)c3cc(Cl)sc3Cl)CC2)cc1. The standard InChI is InChI=1S/C14H13Cl2N3O4S2/c15-13-9-12(14(16)24-13)25(22,23)18-7-5-17(6-8-18)10-1-3-11(4-2-10)19(20)21/h1-4,9H,5-8H2. The van der Waals surface area contributed by atoms with Gasteiger partial charge in [-0.1, -0.05) is 23.2 Å². The number of nitro groups is 1. The highest BCUT2D eigenvalue weighted by Gasteiger charge is 2.31. The van der Waals surface area contributed by atoms with Gasteiger partial charge in [0.05, 0.1) is 9.26 Å². The molecular formula is C14H13Cl2N3O4S2. The molecule has 0 amide bonds. The van der Waals surface area contributed by atoms with Crippen LogP contribution < -0.4 is 4.90 Å². The van der Waals surface area contributed by atoms with Crippen molar-refractivity contribution in [2.45, 2.75) is 4.90 Å². The number of benzene rings is 1. The molecule has 0 radical (unpaired) electrons. The van der Waals surface area contributed by atoms with Crippen molar-refractivity contribution in [3.8, 4) is 0 Å². The highest BCUT2D eigenvalue weighted by Crippen LogP contribution is 2.36. The fraction of sp³-hybridized carbons (Fsp3) is 0.286. The first-order chi connectivity index (χ1) is 11.8. The molecule has 0 bridgehead atoms. The average Bonchev–Trinajstić information content (AvgIpc) is 2.94. The minimum absolute atomic E-state index is 0.0222. The largest absolute Gasteiger partial charge is 0.369 e. The summed E-state index contributed by atoms with van der Waals surface area (Å²) >= 11 is 12.8. The lowest BCUT2D eigenvalue weighted by atomic mass is 10.2. The number of rotatable bonds is 4. The van der Waals surface area contributed by atoms with Crippen molar-refractivity contribution in [1.29, 1.82) is 0 Å². The monoisotopic (exact) mass is 421 g/mol. The molecule has 0 atom stereocenters. The van der Waals surface area contributed by atoms with Crippen molar-refractivity contribution in [1.82, 2.24) is 4.31 Å². The van der Waals surface area contributed by atoms with Crippen LogP contribution in [0.1, 0.15) is 0 Å². The third kappa shape index (κ3) is 3.75. The number of piperazine rings is 1. The average molecular weight is 422 g/mol. The Balaban J connectivity index is 1.71. The molecule has 1 aromatic heterocycles. The van der Waals surface area contributed by atoms with E-state index in [4.69, 9.17) is 23.2 Å². The molecular weight excluding hydrogens is 409 g/mol. The summed E-state index contributed by atoms with van der Waals surface area (Å²) in [5.74, 6) is 0. The third-order valence-corrected chi connectivity index (χ3v) is 7.56. The molecule has 1 saturated heterocycles. The number of nitro benzene ring substituents is 1. The molecule has 1 aromatic carbocycles. The van der Waals surface area contributed by atoms with Gasteiger partial charge in [0, 0.05) is 44.0 Å². The number of thiophene rings is 1. The van der Waals surface area contributed by atoms with Gasteiger partial charge in [-0.15, -0.1) is 11.3 Å². The van der Waals surface area contributed by atoms with Crippen LogP contribution in [0.5, 0.6) is 0 Å². The predicted molar refractivity (Wildman–Crippen MR) is 98.4 cm³/mol. The summed E-state index contributed by atoms with van der Waals surface area (Å²) in [7, 11) is -3.68. The van der Waals surface area contributed by atoms with E-state index in [1.54, 1.807) is 12.1 Å². The lowest BCUT2D eigenvalue weighted by Crippen LogP contribution is -2.48. The molecule has 2 aromatic rings. The molecule has 134 valence electrons. The highest BCUT2D eigenvalue weighted by molar-refractivity contribution is 7.89. The van der Waals surface area contributed by atoms with E-state index in [1.807, 2.05) is 4.90 Å². The Labute approximate surface area is 158 Å².